The summed E-state index contributed by atoms with van der Waals surface area (Å²) in [6, 6.07) is 7.90. The van der Waals surface area contributed by atoms with E-state index in [9.17, 15) is 5.11 Å². The molecule has 0 fully saturated rings. The summed E-state index contributed by atoms with van der Waals surface area (Å²) in [6.07, 6.45) is 4.91. The van der Waals surface area contributed by atoms with Crippen molar-refractivity contribution in [2.45, 2.75) is 25.8 Å². The van der Waals surface area contributed by atoms with E-state index in [2.05, 4.69) is 21.8 Å². The number of benzene rings is 1. The zero-order valence-corrected chi connectivity index (χ0v) is 11.5. The fraction of sp³-hybridized carbons (Fsp3) is 0.400. The Morgan fingerprint density at radius 2 is 2.32 bits per heavy atom. The molecule has 0 aliphatic carbocycles. The van der Waals surface area contributed by atoms with Gasteiger partial charge in [0.25, 0.3) is 0 Å². The largest absolute Gasteiger partial charge is 0.396 e. The van der Waals surface area contributed by atoms with Gasteiger partial charge >= 0.3 is 0 Å². The first-order valence-electron chi connectivity index (χ1n) is 6.65. The minimum absolute atomic E-state index is 0.265. The molecule has 0 radical (unpaired) electrons. The molecule has 1 unspecified atom stereocenters. The van der Waals surface area contributed by atoms with Crippen LogP contribution in [0.25, 0.3) is 0 Å². The molecule has 1 atom stereocenters. The van der Waals surface area contributed by atoms with E-state index in [0.717, 1.165) is 42.3 Å². The van der Waals surface area contributed by atoms with Crippen LogP contribution in [-0.2, 0) is 19.4 Å². The Hall–Kier alpha value is -1.32. The van der Waals surface area contributed by atoms with E-state index >= 15 is 0 Å². The molecule has 1 N–H and O–H groups in total. The van der Waals surface area contributed by atoms with Crippen LogP contribution >= 0.6 is 11.6 Å². The predicted molar refractivity (Wildman–Crippen MR) is 75.4 cm³/mol. The van der Waals surface area contributed by atoms with Crippen molar-refractivity contribution in [1.29, 1.82) is 0 Å². The first kappa shape index (κ1) is 12.7. The van der Waals surface area contributed by atoms with E-state index in [4.69, 9.17) is 11.6 Å². The van der Waals surface area contributed by atoms with Gasteiger partial charge in [0, 0.05) is 43.1 Å². The summed E-state index contributed by atoms with van der Waals surface area (Å²) < 4.78 is 2.18. The summed E-state index contributed by atoms with van der Waals surface area (Å²) in [7, 11) is 0. The maximum Gasteiger partial charge on any atom is 0.108 e. The molecule has 3 nitrogen and oxygen atoms in total. The number of aliphatic hydroxyl groups excluding tert-OH is 1. The van der Waals surface area contributed by atoms with E-state index < -0.39 is 0 Å². The Kier molecular flexibility index (Phi) is 3.58. The smallest absolute Gasteiger partial charge is 0.108 e. The maximum atomic E-state index is 9.24. The lowest BCUT2D eigenvalue weighted by Crippen LogP contribution is -2.22. The molecule has 3 rings (SSSR count). The molecule has 0 amide bonds. The fourth-order valence-electron chi connectivity index (χ4n) is 2.66. The van der Waals surface area contributed by atoms with Crippen molar-refractivity contribution in [2.24, 2.45) is 5.92 Å². The van der Waals surface area contributed by atoms with Crippen LogP contribution in [0, 0.1) is 5.92 Å². The first-order valence-corrected chi connectivity index (χ1v) is 7.02. The Balaban J connectivity index is 1.78. The summed E-state index contributed by atoms with van der Waals surface area (Å²) >= 11 is 6.00. The lowest BCUT2D eigenvalue weighted by atomic mass is 10.0. The SMILES string of the molecule is OCC1CCc2nc(Cc3cccc(Cl)c3)cn2C1. The van der Waals surface area contributed by atoms with Gasteiger partial charge in [0.05, 0.1) is 5.69 Å². The quantitative estimate of drug-likeness (QED) is 0.936. The Labute approximate surface area is 117 Å². The van der Waals surface area contributed by atoms with Gasteiger partial charge < -0.3 is 9.67 Å². The summed E-state index contributed by atoms with van der Waals surface area (Å²) in [5.41, 5.74) is 2.26. The fourth-order valence-corrected chi connectivity index (χ4v) is 2.88. The van der Waals surface area contributed by atoms with Crippen molar-refractivity contribution in [3.8, 4) is 0 Å². The van der Waals surface area contributed by atoms with Crippen LogP contribution in [0.4, 0.5) is 0 Å². The molecule has 100 valence electrons. The van der Waals surface area contributed by atoms with Gasteiger partial charge in [-0.05, 0) is 24.1 Å². The maximum absolute atomic E-state index is 9.24. The Bertz CT molecular complexity index is 579. The average Bonchev–Trinajstić information content (AvgIpc) is 2.79. The zero-order chi connectivity index (χ0) is 13.2. The van der Waals surface area contributed by atoms with Gasteiger partial charge in [-0.1, -0.05) is 23.7 Å². The second-order valence-electron chi connectivity index (χ2n) is 5.19. The number of aromatic nitrogens is 2. The molecule has 0 saturated heterocycles. The molecule has 1 aliphatic heterocycles. The third-order valence-corrected chi connectivity index (χ3v) is 3.91. The summed E-state index contributed by atoms with van der Waals surface area (Å²) in [4.78, 5) is 4.68. The number of aliphatic hydroxyl groups is 1. The van der Waals surface area contributed by atoms with Crippen molar-refractivity contribution < 1.29 is 5.11 Å². The number of hydrogen-bond donors (Lipinski definition) is 1. The van der Waals surface area contributed by atoms with E-state index in [1.807, 2.05) is 18.2 Å². The molecule has 0 bridgehead atoms. The molecule has 0 spiro atoms. The number of nitrogens with zero attached hydrogens (tertiary/aromatic N) is 2. The molecule has 0 saturated carbocycles. The third kappa shape index (κ3) is 2.82. The molecule has 19 heavy (non-hydrogen) atoms. The minimum Gasteiger partial charge on any atom is -0.396 e. The van der Waals surface area contributed by atoms with Gasteiger partial charge in [-0.2, -0.15) is 0 Å². The highest BCUT2D eigenvalue weighted by atomic mass is 35.5. The molecule has 4 heteroatoms. The van der Waals surface area contributed by atoms with Gasteiger partial charge in [-0.3, -0.25) is 0 Å². The van der Waals surface area contributed by atoms with Crippen molar-refractivity contribution in [3.05, 3.63) is 52.6 Å². The van der Waals surface area contributed by atoms with Gasteiger partial charge in [0.15, 0.2) is 0 Å². The van der Waals surface area contributed by atoms with Crippen LogP contribution in [0.1, 0.15) is 23.5 Å². The number of fused-ring (bicyclic) bond motifs is 1. The molecular weight excluding hydrogens is 260 g/mol. The third-order valence-electron chi connectivity index (χ3n) is 3.67. The molecule has 1 aromatic carbocycles. The predicted octanol–water partition coefficient (Wildman–Crippen LogP) is 2.68. The van der Waals surface area contributed by atoms with Crippen LogP contribution in [0.3, 0.4) is 0 Å². The highest BCUT2D eigenvalue weighted by molar-refractivity contribution is 6.30. The molecule has 2 heterocycles. The minimum atomic E-state index is 0.265. The van der Waals surface area contributed by atoms with Crippen molar-refractivity contribution >= 4 is 11.6 Å². The summed E-state index contributed by atoms with van der Waals surface area (Å²) in [5.74, 6) is 1.52. The number of rotatable bonds is 3. The second-order valence-corrected chi connectivity index (χ2v) is 5.63. The van der Waals surface area contributed by atoms with Gasteiger partial charge in [0.1, 0.15) is 5.82 Å². The van der Waals surface area contributed by atoms with Crippen LogP contribution in [-0.4, -0.2) is 21.3 Å². The van der Waals surface area contributed by atoms with E-state index in [0.29, 0.717) is 5.92 Å². The average molecular weight is 277 g/mol. The summed E-state index contributed by atoms with van der Waals surface area (Å²) in [6.45, 7) is 1.15. The molecular formula is C15H17ClN2O. The Morgan fingerprint density at radius 1 is 1.42 bits per heavy atom. The van der Waals surface area contributed by atoms with Crippen LogP contribution in [0.5, 0.6) is 0 Å². The van der Waals surface area contributed by atoms with E-state index in [1.165, 1.54) is 5.56 Å². The van der Waals surface area contributed by atoms with Crippen LogP contribution < -0.4 is 0 Å². The standard InChI is InChI=1S/C15H17ClN2O/c16-13-3-1-2-11(6-13)7-14-9-18-8-12(10-19)4-5-15(18)17-14/h1-3,6,9,12,19H,4-5,7-8,10H2. The number of hydrogen-bond acceptors (Lipinski definition) is 2. The highest BCUT2D eigenvalue weighted by Gasteiger charge is 2.19. The normalized spacial score (nSPS) is 18.3. The van der Waals surface area contributed by atoms with E-state index in [1.54, 1.807) is 0 Å². The van der Waals surface area contributed by atoms with Gasteiger partial charge in [0.2, 0.25) is 0 Å². The lowest BCUT2D eigenvalue weighted by Gasteiger charge is -2.21. The van der Waals surface area contributed by atoms with E-state index in [-0.39, 0.29) is 6.61 Å². The number of imidazole rings is 1. The summed E-state index contributed by atoms with van der Waals surface area (Å²) in [5, 5.41) is 10.0. The Morgan fingerprint density at radius 3 is 3.11 bits per heavy atom. The van der Waals surface area contributed by atoms with Gasteiger partial charge in [-0.25, -0.2) is 4.98 Å². The lowest BCUT2D eigenvalue weighted by molar-refractivity contribution is 0.190. The number of halogens is 1. The molecule has 1 aromatic heterocycles. The van der Waals surface area contributed by atoms with Crippen LogP contribution in [0.15, 0.2) is 30.5 Å². The molecule has 1 aliphatic rings. The highest BCUT2D eigenvalue weighted by Crippen LogP contribution is 2.21. The zero-order valence-electron chi connectivity index (χ0n) is 10.7. The van der Waals surface area contributed by atoms with Crippen molar-refractivity contribution in [2.75, 3.05) is 6.61 Å². The number of aryl methyl sites for hydroxylation is 1. The monoisotopic (exact) mass is 276 g/mol. The van der Waals surface area contributed by atoms with Crippen molar-refractivity contribution in [3.63, 3.8) is 0 Å². The first-order chi connectivity index (χ1) is 9.24. The second kappa shape index (κ2) is 5.35. The van der Waals surface area contributed by atoms with Crippen LogP contribution in [0.2, 0.25) is 5.02 Å². The topological polar surface area (TPSA) is 38.1 Å². The van der Waals surface area contributed by atoms with Crippen molar-refractivity contribution in [1.82, 2.24) is 9.55 Å². The van der Waals surface area contributed by atoms with Gasteiger partial charge in [-0.15, -0.1) is 0 Å². The molecule has 2 aromatic rings.